The lowest BCUT2D eigenvalue weighted by Gasteiger charge is -2.39. The lowest BCUT2D eigenvalue weighted by Crippen LogP contribution is -2.49. The predicted octanol–water partition coefficient (Wildman–Crippen LogP) is 5.12. The van der Waals surface area contributed by atoms with Crippen molar-refractivity contribution in [3.05, 3.63) is 96.1 Å². The Morgan fingerprint density at radius 2 is 1.64 bits per heavy atom. The minimum Gasteiger partial charge on any atom is -0.372 e. The summed E-state index contributed by atoms with van der Waals surface area (Å²) in [5, 5.41) is 20.1. The molecule has 1 atom stereocenters. The molecule has 3 saturated heterocycles. The molecule has 3 fully saturated rings. The van der Waals surface area contributed by atoms with Gasteiger partial charge in [0.1, 0.15) is 11.9 Å². The van der Waals surface area contributed by atoms with Crippen LogP contribution in [0.3, 0.4) is 0 Å². The van der Waals surface area contributed by atoms with Crippen LogP contribution in [0.15, 0.2) is 79.3 Å². The van der Waals surface area contributed by atoms with E-state index in [0.29, 0.717) is 36.9 Å². The van der Waals surface area contributed by atoms with Crippen molar-refractivity contribution in [3.8, 4) is 11.3 Å². The second-order valence-corrected chi connectivity index (χ2v) is 17.3. The standard InChI is InChI=1S/C45H55N13O3/c1-30-25-32(5-6-33(30)26-48-42(60)39-29-58(54-53-39)45(2,3)4)37-15-18-46-44(51-37)50-34-7-10-36(11-8-34)56-19-16-31(17-20-56)28-55-21-23-57(24-22-55)40-13-9-35(27-47-40)49-38-12-14-41(59)52-43(38)61/h5-11,13,15,18,25,27,29,31,38,49H,12,14,16-17,19-24,26,28H2,1-4H3,(H,48,60)(H,46,50,51)(H,52,59,61). The van der Waals surface area contributed by atoms with E-state index in [4.69, 9.17) is 4.98 Å². The zero-order valence-corrected chi connectivity index (χ0v) is 35.4. The number of amides is 3. The van der Waals surface area contributed by atoms with Crippen molar-refractivity contribution in [1.82, 2.24) is 45.5 Å². The van der Waals surface area contributed by atoms with E-state index >= 15 is 0 Å². The summed E-state index contributed by atoms with van der Waals surface area (Å²) in [5.41, 5.74) is 6.80. The first kappa shape index (κ1) is 41.3. The van der Waals surface area contributed by atoms with Crippen molar-refractivity contribution in [2.75, 3.05) is 66.2 Å². The maximum absolute atomic E-state index is 12.7. The number of aromatic nitrogens is 6. The van der Waals surface area contributed by atoms with Gasteiger partial charge < -0.3 is 25.8 Å². The molecule has 0 radical (unpaired) electrons. The molecule has 1 unspecified atom stereocenters. The maximum atomic E-state index is 12.7. The molecule has 8 rings (SSSR count). The molecule has 3 aliphatic rings. The highest BCUT2D eigenvalue weighted by Crippen LogP contribution is 2.28. The van der Waals surface area contributed by atoms with Crippen LogP contribution in [0.2, 0.25) is 0 Å². The van der Waals surface area contributed by atoms with Crippen LogP contribution in [-0.4, -0.2) is 104 Å². The summed E-state index contributed by atoms with van der Waals surface area (Å²) in [4.78, 5) is 57.6. The number of anilines is 5. The number of hydrogen-bond donors (Lipinski definition) is 4. The minimum absolute atomic E-state index is 0.217. The molecule has 0 bridgehead atoms. The number of piperidine rings is 2. The first-order chi connectivity index (χ1) is 29.4. The van der Waals surface area contributed by atoms with Gasteiger partial charge >= 0.3 is 0 Å². The summed E-state index contributed by atoms with van der Waals surface area (Å²) in [6.07, 6.45) is 8.38. The fourth-order valence-corrected chi connectivity index (χ4v) is 8.07. The highest BCUT2D eigenvalue weighted by Gasteiger charge is 2.28. The highest BCUT2D eigenvalue weighted by atomic mass is 16.2. The van der Waals surface area contributed by atoms with Crippen molar-refractivity contribution in [3.63, 3.8) is 0 Å². The van der Waals surface area contributed by atoms with E-state index in [2.05, 4.69) is 86.6 Å². The molecular formula is C45H55N13O3. The number of pyridine rings is 1. The van der Waals surface area contributed by atoms with Crippen molar-refractivity contribution in [1.29, 1.82) is 0 Å². The van der Waals surface area contributed by atoms with Crippen LogP contribution in [0.1, 0.15) is 68.1 Å². The molecule has 3 aromatic heterocycles. The van der Waals surface area contributed by atoms with Gasteiger partial charge in [0.05, 0.1) is 29.3 Å². The number of aryl methyl sites for hydroxylation is 1. The van der Waals surface area contributed by atoms with E-state index in [0.717, 1.165) is 85.4 Å². The summed E-state index contributed by atoms with van der Waals surface area (Å²) in [7, 11) is 0. The largest absolute Gasteiger partial charge is 0.372 e. The Bertz CT molecular complexity index is 2320. The molecule has 16 nitrogen and oxygen atoms in total. The Morgan fingerprint density at radius 3 is 2.33 bits per heavy atom. The van der Waals surface area contributed by atoms with Gasteiger partial charge in [0.25, 0.3) is 5.91 Å². The average molecular weight is 826 g/mol. The third-order valence-electron chi connectivity index (χ3n) is 11.8. The Balaban J connectivity index is 0.764. The van der Waals surface area contributed by atoms with Crippen LogP contribution in [0, 0.1) is 12.8 Å². The molecule has 0 saturated carbocycles. The summed E-state index contributed by atoms with van der Waals surface area (Å²) >= 11 is 0. The number of piperazine rings is 1. The number of nitrogens with zero attached hydrogens (tertiary/aromatic N) is 9. The Morgan fingerprint density at radius 1 is 0.869 bits per heavy atom. The van der Waals surface area contributed by atoms with E-state index in [1.807, 2.05) is 58.0 Å². The molecule has 0 spiro atoms. The third-order valence-corrected chi connectivity index (χ3v) is 11.8. The fraction of sp³-hybridized carbons (Fsp3) is 0.422. The molecular weight excluding hydrogens is 771 g/mol. The van der Waals surface area contributed by atoms with E-state index < -0.39 is 6.04 Å². The number of benzene rings is 2. The molecule has 5 aromatic rings. The third kappa shape index (κ3) is 10.3. The molecule has 4 N–H and O–H groups in total. The van der Waals surface area contributed by atoms with E-state index in [9.17, 15) is 14.4 Å². The van der Waals surface area contributed by atoms with Crippen LogP contribution >= 0.6 is 0 Å². The van der Waals surface area contributed by atoms with Crippen molar-refractivity contribution < 1.29 is 14.4 Å². The molecule has 0 aliphatic carbocycles. The van der Waals surface area contributed by atoms with Gasteiger partial charge in [-0.3, -0.25) is 24.6 Å². The van der Waals surface area contributed by atoms with Gasteiger partial charge in [-0.2, -0.15) is 0 Å². The minimum atomic E-state index is -0.414. The van der Waals surface area contributed by atoms with Crippen molar-refractivity contribution >= 4 is 46.5 Å². The van der Waals surface area contributed by atoms with E-state index in [-0.39, 0.29) is 23.3 Å². The molecule has 2 aromatic carbocycles. The van der Waals surface area contributed by atoms with Crippen LogP contribution in [0.4, 0.5) is 28.8 Å². The van der Waals surface area contributed by atoms with Gasteiger partial charge in [0, 0.05) is 81.9 Å². The molecule has 3 amide bonds. The smallest absolute Gasteiger partial charge is 0.273 e. The molecule has 318 valence electrons. The first-order valence-electron chi connectivity index (χ1n) is 21.2. The lowest BCUT2D eigenvalue weighted by molar-refractivity contribution is -0.133. The van der Waals surface area contributed by atoms with Crippen LogP contribution in [-0.2, 0) is 21.7 Å². The van der Waals surface area contributed by atoms with Gasteiger partial charge in [0.2, 0.25) is 17.8 Å². The Hall–Kier alpha value is -6.42. The average Bonchev–Trinajstić information content (AvgIpc) is 3.78. The Labute approximate surface area is 356 Å². The summed E-state index contributed by atoms with van der Waals surface area (Å²) in [6, 6.07) is 20.1. The first-order valence-corrected chi connectivity index (χ1v) is 21.2. The Kier molecular flexibility index (Phi) is 12.2. The quantitative estimate of drug-likeness (QED) is 0.122. The predicted molar refractivity (Wildman–Crippen MR) is 236 cm³/mol. The highest BCUT2D eigenvalue weighted by molar-refractivity contribution is 6.01. The summed E-state index contributed by atoms with van der Waals surface area (Å²) < 4.78 is 1.69. The van der Waals surface area contributed by atoms with Crippen LogP contribution < -0.4 is 31.1 Å². The van der Waals surface area contributed by atoms with Crippen LogP contribution in [0.5, 0.6) is 0 Å². The second-order valence-electron chi connectivity index (χ2n) is 17.3. The zero-order valence-electron chi connectivity index (χ0n) is 35.4. The number of carbonyl (C=O) groups excluding carboxylic acids is 3. The molecule has 16 heteroatoms. The summed E-state index contributed by atoms with van der Waals surface area (Å²) in [6.45, 7) is 15.5. The monoisotopic (exact) mass is 825 g/mol. The maximum Gasteiger partial charge on any atom is 0.273 e. The van der Waals surface area contributed by atoms with Gasteiger partial charge in [-0.05, 0) is 113 Å². The summed E-state index contributed by atoms with van der Waals surface area (Å²) in [5.74, 6) is 1.39. The zero-order chi connectivity index (χ0) is 42.5. The topological polar surface area (TPSA) is 178 Å². The molecule has 3 aliphatic heterocycles. The van der Waals surface area contributed by atoms with Crippen molar-refractivity contribution in [2.45, 2.75) is 71.5 Å². The number of rotatable bonds is 12. The number of hydrogen-bond acceptors (Lipinski definition) is 13. The van der Waals surface area contributed by atoms with E-state index in [1.165, 1.54) is 18.5 Å². The number of carbonyl (C=O) groups is 3. The van der Waals surface area contributed by atoms with Crippen LogP contribution in [0.25, 0.3) is 11.3 Å². The van der Waals surface area contributed by atoms with Gasteiger partial charge in [-0.1, -0.05) is 17.3 Å². The molecule has 61 heavy (non-hydrogen) atoms. The number of nitrogens with one attached hydrogen (secondary N) is 4. The van der Waals surface area contributed by atoms with Gasteiger partial charge in [0.15, 0.2) is 5.69 Å². The van der Waals surface area contributed by atoms with Gasteiger partial charge in [-0.15, -0.1) is 5.10 Å². The lowest BCUT2D eigenvalue weighted by atomic mass is 9.95. The van der Waals surface area contributed by atoms with Crippen molar-refractivity contribution in [2.24, 2.45) is 5.92 Å². The second kappa shape index (κ2) is 18.1. The fourth-order valence-electron chi connectivity index (χ4n) is 8.07. The normalized spacial score (nSPS) is 17.9. The SMILES string of the molecule is Cc1cc(-c2ccnc(Nc3ccc(N4CCC(CN5CCN(c6ccc(NC7CCC(=O)NC7=O)cn6)CC5)CC4)cc3)n2)ccc1CNC(=O)c1cn(C(C)(C)C)nn1. The molecule has 6 heterocycles. The van der Waals surface area contributed by atoms with E-state index in [1.54, 1.807) is 23.3 Å². The van der Waals surface area contributed by atoms with Gasteiger partial charge in [-0.25, -0.2) is 19.6 Å². The number of imide groups is 1.